The van der Waals surface area contributed by atoms with Crippen LogP contribution in [-0.2, 0) is 4.79 Å². The number of nitrogens with zero attached hydrogens (tertiary/aromatic N) is 1. The van der Waals surface area contributed by atoms with Crippen LogP contribution >= 0.6 is 0 Å². The van der Waals surface area contributed by atoms with Gasteiger partial charge in [0.05, 0.1) is 12.1 Å². The Hall–Kier alpha value is -2.11. The van der Waals surface area contributed by atoms with Crippen LogP contribution in [-0.4, -0.2) is 35.5 Å². The van der Waals surface area contributed by atoms with Gasteiger partial charge in [0.1, 0.15) is 5.82 Å². The van der Waals surface area contributed by atoms with Gasteiger partial charge in [0.15, 0.2) is 0 Å². The number of carbonyl (C=O) groups excluding carboxylic acids is 2. The van der Waals surface area contributed by atoms with E-state index in [0.717, 1.165) is 31.2 Å². The summed E-state index contributed by atoms with van der Waals surface area (Å²) >= 11 is 0. The second-order valence-corrected chi connectivity index (χ2v) is 7.16. The first-order valence-corrected chi connectivity index (χ1v) is 8.72. The highest BCUT2D eigenvalue weighted by Gasteiger charge is 2.40. The number of hydrogen-bond donors (Lipinski definition) is 2. The first-order chi connectivity index (χ1) is 11.6. The minimum absolute atomic E-state index is 0.0951. The molecule has 1 aromatic carbocycles. The molecule has 3 amide bonds. The van der Waals surface area contributed by atoms with E-state index in [2.05, 4.69) is 10.6 Å². The lowest BCUT2D eigenvalue weighted by atomic mass is 10.0. The molecule has 3 aliphatic rings. The van der Waals surface area contributed by atoms with Crippen molar-refractivity contribution in [2.24, 2.45) is 5.92 Å². The Labute approximate surface area is 140 Å². The quantitative estimate of drug-likeness (QED) is 0.870. The summed E-state index contributed by atoms with van der Waals surface area (Å²) in [7, 11) is 0. The number of benzene rings is 1. The molecule has 1 aromatic rings. The van der Waals surface area contributed by atoms with Crippen LogP contribution in [0.5, 0.6) is 0 Å². The fraction of sp³-hybridized carbons (Fsp3) is 0.556. The standard InChI is InChI=1S/C18H22FN3O2/c19-13-5-3-12(4-6-13)17(11-1-2-11)21-18(24)20-14-9-16(23)22(10-14)15-7-8-15/h3-6,11,14-15,17H,1-2,7-10H2,(H2,20,21,24)/t14-,17-/m0/s1. The van der Waals surface area contributed by atoms with Gasteiger partial charge < -0.3 is 15.5 Å². The van der Waals surface area contributed by atoms with Crippen molar-refractivity contribution >= 4 is 11.9 Å². The summed E-state index contributed by atoms with van der Waals surface area (Å²) in [4.78, 5) is 26.2. The number of nitrogens with one attached hydrogen (secondary N) is 2. The smallest absolute Gasteiger partial charge is 0.315 e. The van der Waals surface area contributed by atoms with Crippen molar-refractivity contribution in [3.05, 3.63) is 35.6 Å². The van der Waals surface area contributed by atoms with Crippen molar-refractivity contribution < 1.29 is 14.0 Å². The number of rotatable bonds is 5. The fourth-order valence-electron chi connectivity index (χ4n) is 3.51. The van der Waals surface area contributed by atoms with Gasteiger partial charge in [-0.2, -0.15) is 0 Å². The van der Waals surface area contributed by atoms with Crippen LogP contribution in [0.4, 0.5) is 9.18 Å². The molecule has 2 aliphatic carbocycles. The third-order valence-electron chi connectivity index (χ3n) is 5.09. The van der Waals surface area contributed by atoms with Crippen LogP contribution in [0.2, 0.25) is 0 Å². The number of likely N-dealkylation sites (tertiary alicyclic amines) is 1. The lowest BCUT2D eigenvalue weighted by Gasteiger charge is -2.21. The summed E-state index contributed by atoms with van der Waals surface area (Å²) in [5.41, 5.74) is 0.927. The van der Waals surface area contributed by atoms with E-state index in [1.165, 1.54) is 12.1 Å². The number of hydrogen-bond acceptors (Lipinski definition) is 2. The van der Waals surface area contributed by atoms with E-state index in [-0.39, 0.29) is 29.8 Å². The second kappa shape index (κ2) is 6.07. The molecule has 4 rings (SSSR count). The van der Waals surface area contributed by atoms with Crippen LogP contribution in [0.1, 0.15) is 43.7 Å². The predicted octanol–water partition coefficient (Wildman–Crippen LogP) is 2.34. The van der Waals surface area contributed by atoms with Gasteiger partial charge in [-0.3, -0.25) is 4.79 Å². The maximum absolute atomic E-state index is 13.1. The molecular formula is C18H22FN3O2. The molecule has 2 atom stereocenters. The van der Waals surface area contributed by atoms with Crippen molar-refractivity contribution in [1.29, 1.82) is 0 Å². The highest BCUT2D eigenvalue weighted by atomic mass is 19.1. The zero-order valence-corrected chi connectivity index (χ0v) is 13.5. The van der Waals surface area contributed by atoms with Crippen LogP contribution in [0.15, 0.2) is 24.3 Å². The lowest BCUT2D eigenvalue weighted by molar-refractivity contribution is -0.128. The van der Waals surface area contributed by atoms with E-state index >= 15 is 0 Å². The molecule has 0 spiro atoms. The van der Waals surface area contributed by atoms with Crippen LogP contribution in [0.3, 0.4) is 0 Å². The van der Waals surface area contributed by atoms with Gasteiger partial charge in [-0.05, 0) is 49.3 Å². The van der Waals surface area contributed by atoms with Gasteiger partial charge in [-0.1, -0.05) is 12.1 Å². The summed E-state index contributed by atoms with van der Waals surface area (Å²) in [6.45, 7) is 0.613. The van der Waals surface area contributed by atoms with Crippen molar-refractivity contribution in [3.8, 4) is 0 Å². The summed E-state index contributed by atoms with van der Waals surface area (Å²) in [5, 5.41) is 5.94. The Bertz CT molecular complexity index is 640. The van der Waals surface area contributed by atoms with Crippen LogP contribution in [0, 0.1) is 11.7 Å². The first-order valence-electron chi connectivity index (χ1n) is 8.72. The molecule has 5 nitrogen and oxygen atoms in total. The highest BCUT2D eigenvalue weighted by molar-refractivity contribution is 5.82. The summed E-state index contributed by atoms with van der Waals surface area (Å²) in [6.07, 6.45) is 4.69. The fourth-order valence-corrected chi connectivity index (χ4v) is 3.51. The predicted molar refractivity (Wildman–Crippen MR) is 86.7 cm³/mol. The molecule has 0 unspecified atom stereocenters. The van der Waals surface area contributed by atoms with E-state index in [1.54, 1.807) is 12.1 Å². The number of amides is 3. The Morgan fingerprint density at radius 2 is 1.88 bits per heavy atom. The zero-order valence-electron chi connectivity index (χ0n) is 13.5. The van der Waals surface area contributed by atoms with Gasteiger partial charge in [0, 0.05) is 19.0 Å². The van der Waals surface area contributed by atoms with E-state index in [9.17, 15) is 14.0 Å². The molecule has 128 valence electrons. The lowest BCUT2D eigenvalue weighted by Crippen LogP contribution is -2.45. The van der Waals surface area contributed by atoms with Gasteiger partial charge in [0.2, 0.25) is 5.91 Å². The SMILES string of the molecule is O=C(N[C@H]1CC(=O)N(C2CC2)C1)N[C@H](c1ccc(F)cc1)C1CC1. The molecule has 0 radical (unpaired) electrons. The van der Waals surface area contributed by atoms with Gasteiger partial charge >= 0.3 is 6.03 Å². The third-order valence-corrected chi connectivity index (χ3v) is 5.09. The molecule has 24 heavy (non-hydrogen) atoms. The average molecular weight is 331 g/mol. The molecule has 6 heteroatoms. The van der Waals surface area contributed by atoms with E-state index in [1.807, 2.05) is 4.90 Å². The first kappa shape index (κ1) is 15.4. The van der Waals surface area contributed by atoms with Gasteiger partial charge in [0.25, 0.3) is 0 Å². The normalized spacial score (nSPS) is 24.8. The van der Waals surface area contributed by atoms with Crippen LogP contribution in [0.25, 0.3) is 0 Å². The van der Waals surface area contributed by atoms with Crippen molar-refractivity contribution in [1.82, 2.24) is 15.5 Å². The molecule has 2 saturated carbocycles. The average Bonchev–Trinajstić information content (AvgIpc) is 3.45. The number of halogens is 1. The molecule has 2 N–H and O–H groups in total. The van der Waals surface area contributed by atoms with E-state index < -0.39 is 0 Å². The molecule has 0 bridgehead atoms. The maximum atomic E-state index is 13.1. The highest BCUT2D eigenvalue weighted by Crippen LogP contribution is 2.41. The molecule has 1 aliphatic heterocycles. The summed E-state index contributed by atoms with van der Waals surface area (Å²) < 4.78 is 13.1. The number of carbonyl (C=O) groups is 2. The molecule has 0 aromatic heterocycles. The van der Waals surface area contributed by atoms with E-state index in [4.69, 9.17) is 0 Å². The van der Waals surface area contributed by atoms with Crippen molar-refractivity contribution in [3.63, 3.8) is 0 Å². The Morgan fingerprint density at radius 3 is 2.50 bits per heavy atom. The minimum Gasteiger partial charge on any atom is -0.338 e. The maximum Gasteiger partial charge on any atom is 0.315 e. The molecule has 3 fully saturated rings. The monoisotopic (exact) mass is 331 g/mol. The van der Waals surface area contributed by atoms with Gasteiger partial charge in [-0.25, -0.2) is 9.18 Å². The zero-order chi connectivity index (χ0) is 16.7. The summed E-state index contributed by atoms with van der Waals surface area (Å²) in [6, 6.07) is 6.24. The molecule has 1 saturated heterocycles. The van der Waals surface area contributed by atoms with E-state index in [0.29, 0.717) is 24.9 Å². The van der Waals surface area contributed by atoms with Crippen molar-refractivity contribution in [2.45, 2.75) is 50.2 Å². The molecule has 1 heterocycles. The Morgan fingerprint density at radius 1 is 1.17 bits per heavy atom. The Balaban J connectivity index is 1.35. The van der Waals surface area contributed by atoms with Gasteiger partial charge in [-0.15, -0.1) is 0 Å². The topological polar surface area (TPSA) is 61.4 Å². The summed E-state index contributed by atoms with van der Waals surface area (Å²) in [5.74, 6) is 0.275. The van der Waals surface area contributed by atoms with Crippen LogP contribution < -0.4 is 10.6 Å². The minimum atomic E-state index is -0.276. The Kier molecular flexibility index (Phi) is 3.90. The number of urea groups is 1. The molecular weight excluding hydrogens is 309 g/mol. The largest absolute Gasteiger partial charge is 0.338 e. The van der Waals surface area contributed by atoms with Crippen molar-refractivity contribution in [2.75, 3.05) is 6.54 Å². The third kappa shape index (κ3) is 3.37. The second-order valence-electron chi connectivity index (χ2n) is 7.16.